The van der Waals surface area contributed by atoms with Crippen molar-refractivity contribution in [3.8, 4) is 5.75 Å². The van der Waals surface area contributed by atoms with Gasteiger partial charge in [-0.25, -0.2) is 0 Å². The number of nitrogens with zero attached hydrogens (tertiary/aromatic N) is 4. The molecule has 0 fully saturated rings. The van der Waals surface area contributed by atoms with Crippen molar-refractivity contribution in [1.29, 1.82) is 0 Å². The zero-order valence-corrected chi connectivity index (χ0v) is 21.1. The first-order valence-corrected chi connectivity index (χ1v) is 12.9. The smallest absolute Gasteiger partial charge is 0.269 e. The molecular formula is C25H27N5O6S. The molecule has 3 N–H and O–H groups in total. The van der Waals surface area contributed by atoms with Crippen LogP contribution < -0.4 is 10.1 Å². The summed E-state index contributed by atoms with van der Waals surface area (Å²) < 4.78 is 36.8. The van der Waals surface area contributed by atoms with Gasteiger partial charge in [0.25, 0.3) is 10.1 Å². The van der Waals surface area contributed by atoms with Crippen LogP contribution in [0.2, 0.25) is 0 Å². The molecule has 1 atom stereocenters. The van der Waals surface area contributed by atoms with Crippen molar-refractivity contribution in [2.24, 2.45) is 20.5 Å². The van der Waals surface area contributed by atoms with Gasteiger partial charge in [-0.15, -0.1) is 5.11 Å². The first kappa shape index (κ1) is 27.6. The molecule has 0 aliphatic heterocycles. The molecule has 37 heavy (non-hydrogen) atoms. The van der Waals surface area contributed by atoms with Gasteiger partial charge in [-0.2, -0.15) is 23.8 Å². The van der Waals surface area contributed by atoms with Gasteiger partial charge in [-0.1, -0.05) is 19.1 Å². The second-order valence-corrected chi connectivity index (χ2v) is 9.50. The van der Waals surface area contributed by atoms with Crippen LogP contribution in [0.4, 0.5) is 28.4 Å². The molecule has 0 aliphatic carbocycles. The van der Waals surface area contributed by atoms with Crippen molar-refractivity contribution in [3.63, 3.8) is 0 Å². The Labute approximate surface area is 214 Å². The normalized spacial score (nSPS) is 12.6. The topological polar surface area (TPSA) is 162 Å². The van der Waals surface area contributed by atoms with Gasteiger partial charge in [0, 0.05) is 6.92 Å². The van der Waals surface area contributed by atoms with Crippen LogP contribution in [-0.4, -0.2) is 36.7 Å². The molecule has 11 nitrogen and oxygen atoms in total. The number of azo groups is 2. The Morgan fingerprint density at radius 2 is 1.59 bits per heavy atom. The summed E-state index contributed by atoms with van der Waals surface area (Å²) in [4.78, 5) is 11.7. The van der Waals surface area contributed by atoms with Crippen molar-refractivity contribution < 1.29 is 27.6 Å². The van der Waals surface area contributed by atoms with Crippen LogP contribution in [0, 0.1) is 0 Å². The fourth-order valence-electron chi connectivity index (χ4n) is 3.03. The third-order valence-corrected chi connectivity index (χ3v) is 5.55. The average molecular weight is 526 g/mol. The molecule has 3 rings (SSSR count). The van der Waals surface area contributed by atoms with E-state index in [0.29, 0.717) is 46.2 Å². The zero-order valence-electron chi connectivity index (χ0n) is 20.3. The van der Waals surface area contributed by atoms with Crippen molar-refractivity contribution >= 4 is 44.5 Å². The number of ether oxygens (including phenoxy) is 1. The predicted octanol–water partition coefficient (Wildman–Crippen LogP) is 6.01. The minimum absolute atomic E-state index is 0.211. The molecule has 0 radical (unpaired) electrons. The summed E-state index contributed by atoms with van der Waals surface area (Å²) >= 11 is 0. The number of rotatable bonds is 11. The maximum absolute atomic E-state index is 11.7. The quantitative estimate of drug-likeness (QED) is 0.205. The Hall–Kier alpha value is -4.00. The highest BCUT2D eigenvalue weighted by molar-refractivity contribution is 7.85. The summed E-state index contributed by atoms with van der Waals surface area (Å²) in [6, 6.07) is 18.0. The molecule has 12 heteroatoms. The molecule has 3 aromatic rings. The molecule has 0 bridgehead atoms. The first-order valence-electron chi connectivity index (χ1n) is 11.3. The van der Waals surface area contributed by atoms with Crippen molar-refractivity contribution in [3.05, 3.63) is 72.3 Å². The second-order valence-electron chi connectivity index (χ2n) is 8.05. The lowest BCUT2D eigenvalue weighted by molar-refractivity contribution is -0.114. The molecule has 0 saturated carbocycles. The number of aliphatic hydroxyl groups excluding tert-OH is 1. The van der Waals surface area contributed by atoms with Crippen molar-refractivity contribution in [2.45, 2.75) is 32.1 Å². The molecule has 0 spiro atoms. The summed E-state index contributed by atoms with van der Waals surface area (Å²) in [5, 5.41) is 29.0. The number of carbonyl (C=O) groups is 1. The molecule has 1 unspecified atom stereocenters. The van der Waals surface area contributed by atoms with Crippen molar-refractivity contribution in [1.82, 2.24) is 0 Å². The van der Waals surface area contributed by atoms with Gasteiger partial charge >= 0.3 is 0 Å². The van der Waals surface area contributed by atoms with E-state index in [4.69, 9.17) is 9.29 Å². The highest BCUT2D eigenvalue weighted by Crippen LogP contribution is 2.32. The van der Waals surface area contributed by atoms with Gasteiger partial charge in [-0.3, -0.25) is 9.35 Å². The van der Waals surface area contributed by atoms with E-state index in [1.165, 1.54) is 13.0 Å². The van der Waals surface area contributed by atoms with Crippen LogP contribution in [0.15, 0.2) is 87.2 Å². The number of hydrogen-bond acceptors (Lipinski definition) is 9. The Morgan fingerprint density at radius 1 is 0.946 bits per heavy atom. The Kier molecular flexibility index (Phi) is 9.55. The van der Waals surface area contributed by atoms with Crippen molar-refractivity contribution in [2.75, 3.05) is 11.9 Å². The third-order valence-electron chi connectivity index (χ3n) is 4.85. The van der Waals surface area contributed by atoms with E-state index in [1.54, 1.807) is 60.7 Å². The van der Waals surface area contributed by atoms with E-state index in [0.717, 1.165) is 0 Å². The van der Waals surface area contributed by atoms with Crippen LogP contribution in [0.3, 0.4) is 0 Å². The molecular weight excluding hydrogens is 498 g/mol. The van der Waals surface area contributed by atoms with Crippen LogP contribution in [-0.2, 0) is 20.7 Å². The summed E-state index contributed by atoms with van der Waals surface area (Å²) in [7, 11) is -4.18. The Balaban J connectivity index is 1.75. The highest BCUT2D eigenvalue weighted by Gasteiger charge is 2.08. The second kappa shape index (κ2) is 12.8. The number of amides is 1. The largest absolute Gasteiger partial charge is 0.491 e. The number of nitrogens with one attached hydrogen (secondary N) is 1. The maximum atomic E-state index is 11.7. The lowest BCUT2D eigenvalue weighted by Gasteiger charge is -2.09. The van der Waals surface area contributed by atoms with Gasteiger partial charge in [0.2, 0.25) is 5.91 Å². The fourth-order valence-corrected chi connectivity index (χ4v) is 3.63. The maximum Gasteiger partial charge on any atom is 0.269 e. The van der Waals surface area contributed by atoms with Crippen LogP contribution in [0.5, 0.6) is 5.75 Å². The predicted molar refractivity (Wildman–Crippen MR) is 139 cm³/mol. The van der Waals surface area contributed by atoms with Gasteiger partial charge < -0.3 is 15.2 Å². The van der Waals surface area contributed by atoms with E-state index >= 15 is 0 Å². The Morgan fingerprint density at radius 3 is 2.27 bits per heavy atom. The monoisotopic (exact) mass is 525 g/mol. The molecule has 1 amide bonds. The Bertz CT molecular complexity index is 1390. The minimum atomic E-state index is -4.18. The van der Waals surface area contributed by atoms with E-state index in [1.807, 2.05) is 6.92 Å². The average Bonchev–Trinajstić information content (AvgIpc) is 2.85. The zero-order chi connectivity index (χ0) is 26.8. The van der Waals surface area contributed by atoms with Crippen LogP contribution in [0.25, 0.3) is 0 Å². The molecule has 0 aliphatic rings. The summed E-state index contributed by atoms with van der Waals surface area (Å²) in [5.41, 5.74) is 2.48. The lowest BCUT2D eigenvalue weighted by atomic mass is 10.2. The standard InChI is InChI=1S/C25H27N5O6S/c1-3-22(32)15-36-23-10-7-19(8-11-23)27-28-21-9-12-24(25(14-21)26-17(2)31)30-29-20-6-4-5-18(13-20)16-37(33,34)35/h4-14,22,32H,3,15-16H2,1-2H3,(H,26,31)(H,33,34,35). The van der Waals surface area contributed by atoms with E-state index in [-0.39, 0.29) is 12.5 Å². The van der Waals surface area contributed by atoms with Crippen LogP contribution in [0.1, 0.15) is 25.8 Å². The van der Waals surface area contributed by atoms with Gasteiger partial charge in [-0.05, 0) is 66.6 Å². The number of carbonyl (C=O) groups excluding carboxylic acids is 1. The minimum Gasteiger partial charge on any atom is -0.491 e. The number of aliphatic hydroxyl groups is 1. The first-order chi connectivity index (χ1) is 17.6. The van der Waals surface area contributed by atoms with E-state index in [9.17, 15) is 18.3 Å². The van der Waals surface area contributed by atoms with E-state index < -0.39 is 22.0 Å². The summed E-state index contributed by atoms with van der Waals surface area (Å²) in [6.45, 7) is 3.44. The van der Waals surface area contributed by atoms with Gasteiger partial charge in [0.1, 0.15) is 23.8 Å². The third kappa shape index (κ3) is 9.52. The molecule has 3 aromatic carbocycles. The SMILES string of the molecule is CCC(O)COc1ccc(N=Nc2ccc(N=Nc3cccc(CS(=O)(=O)O)c3)c(NC(C)=O)c2)cc1. The fraction of sp³-hybridized carbons (Fsp3) is 0.240. The van der Waals surface area contributed by atoms with E-state index in [2.05, 4.69) is 25.8 Å². The molecule has 194 valence electrons. The van der Waals surface area contributed by atoms with Crippen LogP contribution >= 0.6 is 0 Å². The number of benzene rings is 3. The number of hydrogen-bond donors (Lipinski definition) is 3. The lowest BCUT2D eigenvalue weighted by Crippen LogP contribution is -2.15. The molecule has 0 heterocycles. The van der Waals surface area contributed by atoms with Gasteiger partial charge in [0.15, 0.2) is 0 Å². The molecule has 0 aromatic heterocycles. The molecule has 0 saturated heterocycles. The summed E-state index contributed by atoms with van der Waals surface area (Å²) in [6.07, 6.45) is 0.0897. The summed E-state index contributed by atoms with van der Waals surface area (Å²) in [5.74, 6) is -0.243. The highest BCUT2D eigenvalue weighted by atomic mass is 32.2. The number of anilines is 1. The van der Waals surface area contributed by atoms with Gasteiger partial charge in [0.05, 0.1) is 28.9 Å².